The van der Waals surface area contributed by atoms with Crippen LogP contribution in [0.3, 0.4) is 0 Å². The van der Waals surface area contributed by atoms with Crippen molar-refractivity contribution < 1.29 is 0 Å². The van der Waals surface area contributed by atoms with Gasteiger partial charge in [0.15, 0.2) is 0 Å². The Labute approximate surface area is 112 Å². The first-order valence-electron chi connectivity index (χ1n) is 6.84. The van der Waals surface area contributed by atoms with E-state index in [0.29, 0.717) is 5.92 Å². The van der Waals surface area contributed by atoms with Crippen LogP contribution in [0.2, 0.25) is 0 Å². The predicted molar refractivity (Wildman–Crippen MR) is 82.1 cm³/mol. The largest absolute Gasteiger partial charge is 0.0683 e. The molecule has 0 saturated carbocycles. The molecule has 0 spiro atoms. The molecule has 96 valence electrons. The molecule has 0 aromatic heterocycles. The maximum atomic E-state index is 2.23. The van der Waals surface area contributed by atoms with Crippen LogP contribution in [0.25, 0.3) is 11.1 Å². The molecular formula is C18H24. The highest BCUT2D eigenvalue weighted by Crippen LogP contribution is 2.23. The van der Waals surface area contributed by atoms with E-state index < -0.39 is 0 Å². The Bertz CT molecular complexity index is 464. The van der Waals surface area contributed by atoms with Crippen molar-refractivity contribution in [3.63, 3.8) is 0 Å². The summed E-state index contributed by atoms with van der Waals surface area (Å²) < 4.78 is 0. The Hall–Kier alpha value is -1.56. The summed E-state index contributed by atoms with van der Waals surface area (Å²) in [5.41, 5.74) is 5.31. The summed E-state index contributed by atoms with van der Waals surface area (Å²) in [6.07, 6.45) is 0. The molecule has 18 heavy (non-hydrogen) atoms. The molecule has 0 amide bonds. The van der Waals surface area contributed by atoms with Crippen LogP contribution in [0.15, 0.2) is 48.5 Å². The molecule has 0 atom stereocenters. The molecule has 0 N–H and O–H groups in total. The van der Waals surface area contributed by atoms with Gasteiger partial charge >= 0.3 is 0 Å². The van der Waals surface area contributed by atoms with Gasteiger partial charge in [0.2, 0.25) is 0 Å². The fourth-order valence-corrected chi connectivity index (χ4v) is 1.89. The lowest BCUT2D eigenvalue weighted by Gasteiger charge is -2.07. The molecule has 2 aromatic carbocycles. The Morgan fingerprint density at radius 2 is 1.39 bits per heavy atom. The van der Waals surface area contributed by atoms with Gasteiger partial charge in [0.05, 0.1) is 0 Å². The van der Waals surface area contributed by atoms with Crippen LogP contribution >= 0.6 is 0 Å². The average molecular weight is 240 g/mol. The van der Waals surface area contributed by atoms with Crippen LogP contribution in [-0.2, 0) is 0 Å². The molecule has 2 aromatic rings. The molecule has 0 fully saturated rings. The third-order valence-corrected chi connectivity index (χ3v) is 2.93. The lowest BCUT2D eigenvalue weighted by atomic mass is 9.98. The van der Waals surface area contributed by atoms with Crippen molar-refractivity contribution in [1.82, 2.24) is 0 Å². The lowest BCUT2D eigenvalue weighted by molar-refractivity contribution is 0.867. The summed E-state index contributed by atoms with van der Waals surface area (Å²) in [6, 6.07) is 17.5. The highest BCUT2D eigenvalue weighted by atomic mass is 14.1. The summed E-state index contributed by atoms with van der Waals surface area (Å²) in [5, 5.41) is 0. The fraction of sp³-hybridized carbons (Fsp3) is 0.333. The van der Waals surface area contributed by atoms with Gasteiger partial charge in [-0.1, -0.05) is 81.8 Å². The summed E-state index contributed by atoms with van der Waals surface area (Å²) in [4.78, 5) is 0. The zero-order chi connectivity index (χ0) is 13.5. The van der Waals surface area contributed by atoms with Gasteiger partial charge in [-0.05, 0) is 29.5 Å². The van der Waals surface area contributed by atoms with E-state index in [1.165, 1.54) is 22.3 Å². The molecule has 0 bridgehead atoms. The van der Waals surface area contributed by atoms with E-state index in [9.17, 15) is 0 Å². The summed E-state index contributed by atoms with van der Waals surface area (Å²) in [5.74, 6) is 0.603. The number of rotatable bonds is 2. The molecule has 0 nitrogen and oxygen atoms in total. The van der Waals surface area contributed by atoms with E-state index in [1.54, 1.807) is 0 Å². The van der Waals surface area contributed by atoms with Gasteiger partial charge in [0.25, 0.3) is 0 Å². The van der Waals surface area contributed by atoms with Gasteiger partial charge in [-0.25, -0.2) is 0 Å². The van der Waals surface area contributed by atoms with Gasteiger partial charge in [0.1, 0.15) is 0 Å². The topological polar surface area (TPSA) is 0 Å². The monoisotopic (exact) mass is 240 g/mol. The molecule has 2 rings (SSSR count). The minimum Gasteiger partial charge on any atom is -0.0683 e. The van der Waals surface area contributed by atoms with E-state index in [1.807, 2.05) is 13.8 Å². The SMILES string of the molecule is CC.Cc1cccc(-c2ccc(C(C)C)cc2)c1. The second-order valence-corrected chi connectivity index (χ2v) is 4.65. The summed E-state index contributed by atoms with van der Waals surface area (Å²) in [7, 11) is 0. The summed E-state index contributed by atoms with van der Waals surface area (Å²) >= 11 is 0. The van der Waals surface area contributed by atoms with Crippen LogP contribution in [0.4, 0.5) is 0 Å². The third-order valence-electron chi connectivity index (χ3n) is 2.93. The Balaban J connectivity index is 0.000000771. The molecule has 0 saturated heterocycles. The van der Waals surface area contributed by atoms with Gasteiger partial charge in [0, 0.05) is 0 Å². The van der Waals surface area contributed by atoms with Crippen LogP contribution in [0.5, 0.6) is 0 Å². The second kappa shape index (κ2) is 7.00. The van der Waals surface area contributed by atoms with Crippen molar-refractivity contribution in [2.45, 2.75) is 40.5 Å². The van der Waals surface area contributed by atoms with Crippen molar-refractivity contribution >= 4 is 0 Å². The van der Waals surface area contributed by atoms with Crippen LogP contribution in [-0.4, -0.2) is 0 Å². The fourth-order valence-electron chi connectivity index (χ4n) is 1.89. The van der Waals surface area contributed by atoms with Gasteiger partial charge in [-0.3, -0.25) is 0 Å². The van der Waals surface area contributed by atoms with Crippen molar-refractivity contribution in [3.8, 4) is 11.1 Å². The maximum Gasteiger partial charge on any atom is -0.0181 e. The Morgan fingerprint density at radius 3 is 1.89 bits per heavy atom. The molecular weight excluding hydrogens is 216 g/mol. The van der Waals surface area contributed by atoms with Crippen molar-refractivity contribution in [2.24, 2.45) is 0 Å². The lowest BCUT2D eigenvalue weighted by Crippen LogP contribution is -1.86. The van der Waals surface area contributed by atoms with Crippen LogP contribution < -0.4 is 0 Å². The smallest absolute Gasteiger partial charge is 0.0181 e. The Kier molecular flexibility index (Phi) is 5.64. The molecule has 0 aliphatic rings. The second-order valence-electron chi connectivity index (χ2n) is 4.65. The number of aryl methyl sites for hydroxylation is 1. The highest BCUT2D eigenvalue weighted by molar-refractivity contribution is 5.64. The molecule has 0 heterocycles. The molecule has 0 aliphatic carbocycles. The zero-order valence-electron chi connectivity index (χ0n) is 12.2. The molecule has 0 unspecified atom stereocenters. The predicted octanol–water partition coefficient (Wildman–Crippen LogP) is 5.81. The Morgan fingerprint density at radius 1 is 0.778 bits per heavy atom. The standard InChI is InChI=1S/C16H18.C2H6/c1-12(2)14-7-9-15(10-8-14)16-6-4-5-13(3)11-16;1-2/h4-12H,1-3H3;1-2H3. The first-order valence-corrected chi connectivity index (χ1v) is 6.84. The van der Waals surface area contributed by atoms with Crippen LogP contribution in [0.1, 0.15) is 44.7 Å². The zero-order valence-corrected chi connectivity index (χ0v) is 12.2. The molecule has 0 aliphatic heterocycles. The number of hydrogen-bond acceptors (Lipinski definition) is 0. The van der Waals surface area contributed by atoms with Gasteiger partial charge < -0.3 is 0 Å². The average Bonchev–Trinajstić information content (AvgIpc) is 2.41. The third kappa shape index (κ3) is 3.73. The van der Waals surface area contributed by atoms with Crippen molar-refractivity contribution in [2.75, 3.05) is 0 Å². The first kappa shape index (κ1) is 14.5. The van der Waals surface area contributed by atoms with Crippen LogP contribution in [0, 0.1) is 6.92 Å². The first-order chi connectivity index (χ1) is 8.66. The van der Waals surface area contributed by atoms with E-state index in [2.05, 4.69) is 69.3 Å². The van der Waals surface area contributed by atoms with E-state index in [4.69, 9.17) is 0 Å². The minimum absolute atomic E-state index is 0.603. The van der Waals surface area contributed by atoms with E-state index in [-0.39, 0.29) is 0 Å². The van der Waals surface area contributed by atoms with Gasteiger partial charge in [-0.2, -0.15) is 0 Å². The maximum absolute atomic E-state index is 2.23. The summed E-state index contributed by atoms with van der Waals surface area (Å²) in [6.45, 7) is 10.6. The number of benzene rings is 2. The van der Waals surface area contributed by atoms with E-state index in [0.717, 1.165) is 0 Å². The quantitative estimate of drug-likeness (QED) is 0.621. The molecule has 0 heteroatoms. The molecule has 0 radical (unpaired) electrons. The van der Waals surface area contributed by atoms with Gasteiger partial charge in [-0.15, -0.1) is 0 Å². The van der Waals surface area contributed by atoms with Crippen molar-refractivity contribution in [1.29, 1.82) is 0 Å². The van der Waals surface area contributed by atoms with Crippen molar-refractivity contribution in [3.05, 3.63) is 59.7 Å². The van der Waals surface area contributed by atoms with E-state index >= 15 is 0 Å². The minimum atomic E-state index is 0.603. The number of hydrogen-bond donors (Lipinski definition) is 0. The normalized spacial score (nSPS) is 9.89. The highest BCUT2D eigenvalue weighted by Gasteiger charge is 2.00.